The Morgan fingerprint density at radius 1 is 1.21 bits per heavy atom. The highest BCUT2D eigenvalue weighted by atomic mass is 16.5. The zero-order chi connectivity index (χ0) is 20.2. The highest BCUT2D eigenvalue weighted by Crippen LogP contribution is 2.25. The van der Waals surface area contributed by atoms with E-state index in [2.05, 4.69) is 29.6 Å². The molecule has 2 aromatic rings. The van der Waals surface area contributed by atoms with Crippen molar-refractivity contribution in [2.24, 2.45) is 0 Å². The number of hydrogen-bond acceptors (Lipinski definition) is 3. The van der Waals surface area contributed by atoms with E-state index < -0.39 is 0 Å². The first-order valence-electron chi connectivity index (χ1n) is 10.4. The second-order valence-corrected chi connectivity index (χ2v) is 8.03. The normalized spacial score (nSPS) is 21.5. The van der Waals surface area contributed by atoms with Crippen molar-refractivity contribution in [2.45, 2.75) is 25.9 Å². The van der Waals surface area contributed by atoms with Crippen LogP contribution in [0.1, 0.15) is 23.6 Å². The predicted molar refractivity (Wildman–Crippen MR) is 110 cm³/mol. The molecule has 2 aliphatic rings. The van der Waals surface area contributed by atoms with Crippen LogP contribution in [0.2, 0.25) is 0 Å². The molecule has 1 amide bonds. The zero-order valence-electron chi connectivity index (χ0n) is 16.8. The molecule has 150 valence electrons. The van der Waals surface area contributed by atoms with Crippen LogP contribution >= 0.6 is 0 Å². The molecule has 2 aliphatic heterocycles. The summed E-state index contributed by atoms with van der Waals surface area (Å²) in [7, 11) is 0. The van der Waals surface area contributed by atoms with E-state index in [0.717, 1.165) is 51.5 Å². The quantitative estimate of drug-likeness (QED) is 0.660. The van der Waals surface area contributed by atoms with Gasteiger partial charge in [0.2, 0.25) is 0 Å². The van der Waals surface area contributed by atoms with Gasteiger partial charge in [0.05, 0.1) is 18.2 Å². The number of fused-ring (bicyclic) bond motifs is 1. The smallest absolute Gasteiger partial charge is 0.282 e. The van der Waals surface area contributed by atoms with Gasteiger partial charge in [-0.1, -0.05) is 6.07 Å². The van der Waals surface area contributed by atoms with Crippen LogP contribution < -0.4 is 19.9 Å². The fourth-order valence-electron chi connectivity index (χ4n) is 4.28. The van der Waals surface area contributed by atoms with Crippen LogP contribution in [0.25, 0.3) is 0 Å². The van der Waals surface area contributed by atoms with Crippen LogP contribution in [0.5, 0.6) is 5.75 Å². The third-order valence-electron chi connectivity index (χ3n) is 6.07. The summed E-state index contributed by atoms with van der Waals surface area (Å²) in [4.78, 5) is 15.6. The molecule has 1 fully saturated rings. The van der Waals surface area contributed by atoms with E-state index >= 15 is 0 Å². The van der Waals surface area contributed by atoms with E-state index in [-0.39, 0.29) is 11.9 Å². The van der Waals surface area contributed by atoms with Gasteiger partial charge in [0.15, 0.2) is 6.04 Å². The maximum atomic E-state index is 12.7. The van der Waals surface area contributed by atoms with Crippen molar-refractivity contribution < 1.29 is 19.3 Å². The van der Waals surface area contributed by atoms with Crippen LogP contribution in [0.3, 0.4) is 0 Å². The van der Waals surface area contributed by atoms with E-state index in [4.69, 9.17) is 10.00 Å². The van der Waals surface area contributed by atoms with Crippen LogP contribution in [-0.4, -0.2) is 44.7 Å². The summed E-state index contributed by atoms with van der Waals surface area (Å²) in [5.41, 5.74) is 3.94. The number of amides is 1. The fraction of sp³-hybridized carbons (Fsp3) is 0.391. The molecule has 0 radical (unpaired) electrons. The lowest BCUT2D eigenvalue weighted by molar-refractivity contribution is -1.02. The molecule has 1 saturated heterocycles. The van der Waals surface area contributed by atoms with Gasteiger partial charge >= 0.3 is 0 Å². The molecule has 3 N–H and O–H groups in total. The number of benzene rings is 2. The van der Waals surface area contributed by atoms with Gasteiger partial charge in [-0.25, -0.2) is 0 Å². The van der Waals surface area contributed by atoms with Crippen LogP contribution in [0, 0.1) is 11.3 Å². The van der Waals surface area contributed by atoms with Crippen molar-refractivity contribution in [1.82, 2.24) is 0 Å². The molecule has 6 heteroatoms. The molecule has 0 saturated carbocycles. The molecule has 4 rings (SSSR count). The fourth-order valence-corrected chi connectivity index (χ4v) is 4.28. The average molecular weight is 393 g/mol. The lowest BCUT2D eigenvalue weighted by Gasteiger charge is -2.32. The van der Waals surface area contributed by atoms with Crippen molar-refractivity contribution in [3.63, 3.8) is 0 Å². The minimum Gasteiger partial charge on any atom is -0.493 e. The van der Waals surface area contributed by atoms with E-state index in [1.807, 2.05) is 13.0 Å². The SMILES string of the molecule is C[C@H](C(=O)Nc1cccc(C#N)c1)[NH+]1CC[NH+](Cc2ccc3c(c2)CCO3)CC1. The molecular weight excluding hydrogens is 364 g/mol. The molecule has 29 heavy (non-hydrogen) atoms. The lowest BCUT2D eigenvalue weighted by Crippen LogP contribution is -3.29. The molecule has 6 nitrogen and oxygen atoms in total. The third-order valence-corrected chi connectivity index (χ3v) is 6.07. The molecule has 2 aromatic carbocycles. The highest BCUT2D eigenvalue weighted by Gasteiger charge is 2.31. The second kappa shape index (κ2) is 8.64. The Kier molecular flexibility index (Phi) is 5.79. The molecule has 2 heterocycles. The standard InChI is InChI=1S/C23H26N4O2/c1-17(23(28)25-21-4-2-3-18(14-21)15-24)27-10-8-26(9-11-27)16-19-5-6-22-20(13-19)7-12-29-22/h2-6,13-14,17H,7-12,16H2,1H3,(H,25,28)/p+2/t17-/m1/s1. The number of nitrogens with one attached hydrogen (secondary N) is 3. The number of rotatable bonds is 5. The van der Waals surface area contributed by atoms with E-state index in [1.54, 1.807) is 23.1 Å². The van der Waals surface area contributed by atoms with E-state index in [1.165, 1.54) is 16.0 Å². The average Bonchev–Trinajstić information content (AvgIpc) is 3.22. The van der Waals surface area contributed by atoms with Gasteiger partial charge in [0, 0.05) is 17.7 Å². The minimum atomic E-state index is -0.112. The molecule has 0 aromatic heterocycles. The Morgan fingerprint density at radius 2 is 2.03 bits per heavy atom. The first-order chi connectivity index (χ1) is 14.1. The molecule has 0 unspecified atom stereocenters. The number of quaternary nitrogens is 2. The van der Waals surface area contributed by atoms with Crippen LogP contribution in [-0.2, 0) is 17.8 Å². The predicted octanol–water partition coefficient (Wildman–Crippen LogP) is -0.196. The van der Waals surface area contributed by atoms with Crippen molar-refractivity contribution in [3.05, 3.63) is 59.2 Å². The van der Waals surface area contributed by atoms with E-state index in [0.29, 0.717) is 11.3 Å². The summed E-state index contributed by atoms with van der Waals surface area (Å²) in [5.74, 6) is 1.05. The summed E-state index contributed by atoms with van der Waals surface area (Å²) in [6, 6.07) is 15.6. The van der Waals surface area contributed by atoms with Crippen molar-refractivity contribution >= 4 is 11.6 Å². The molecule has 1 atom stereocenters. The maximum absolute atomic E-state index is 12.7. The van der Waals surface area contributed by atoms with Gasteiger partial charge < -0.3 is 19.9 Å². The van der Waals surface area contributed by atoms with Crippen molar-refractivity contribution in [1.29, 1.82) is 5.26 Å². The summed E-state index contributed by atoms with van der Waals surface area (Å²) in [6.07, 6.45) is 1.01. The third kappa shape index (κ3) is 4.58. The Morgan fingerprint density at radius 3 is 2.83 bits per heavy atom. The molecular formula is C23H28N4O2+2. The van der Waals surface area contributed by atoms with E-state index in [9.17, 15) is 4.79 Å². The summed E-state index contributed by atoms with van der Waals surface area (Å²) >= 11 is 0. The van der Waals surface area contributed by atoms with Crippen molar-refractivity contribution in [3.8, 4) is 11.8 Å². The molecule has 0 spiro atoms. The second-order valence-electron chi connectivity index (χ2n) is 8.03. The monoisotopic (exact) mass is 392 g/mol. The number of anilines is 1. The van der Waals surface area contributed by atoms with Gasteiger partial charge in [-0.3, -0.25) is 4.79 Å². The topological polar surface area (TPSA) is 71.0 Å². The number of nitriles is 1. The number of ether oxygens (including phenoxy) is 1. The summed E-state index contributed by atoms with van der Waals surface area (Å²) in [5, 5.41) is 12.0. The van der Waals surface area contributed by atoms with Gasteiger partial charge in [-0.15, -0.1) is 0 Å². The van der Waals surface area contributed by atoms with Gasteiger partial charge in [-0.05, 0) is 48.9 Å². The molecule has 0 aliphatic carbocycles. The maximum Gasteiger partial charge on any atom is 0.282 e. The van der Waals surface area contributed by atoms with Gasteiger partial charge in [0.1, 0.15) is 38.5 Å². The lowest BCUT2D eigenvalue weighted by atomic mass is 10.1. The first-order valence-corrected chi connectivity index (χ1v) is 10.4. The summed E-state index contributed by atoms with van der Waals surface area (Å²) in [6.45, 7) is 7.90. The number of carbonyl (C=O) groups is 1. The highest BCUT2D eigenvalue weighted by molar-refractivity contribution is 5.93. The number of carbonyl (C=O) groups excluding carboxylic acids is 1. The van der Waals surface area contributed by atoms with Crippen molar-refractivity contribution in [2.75, 3.05) is 38.1 Å². The number of nitrogens with zero attached hydrogens (tertiary/aromatic N) is 1. The van der Waals surface area contributed by atoms with Gasteiger partial charge in [-0.2, -0.15) is 5.26 Å². The largest absolute Gasteiger partial charge is 0.493 e. The van der Waals surface area contributed by atoms with Gasteiger partial charge in [0.25, 0.3) is 5.91 Å². The Hall–Kier alpha value is -2.88. The minimum absolute atomic E-state index is 0.0113. The molecule has 0 bridgehead atoms. The van der Waals surface area contributed by atoms with Crippen LogP contribution in [0.15, 0.2) is 42.5 Å². The Bertz CT molecular complexity index is 929. The zero-order valence-corrected chi connectivity index (χ0v) is 16.8. The number of hydrogen-bond donors (Lipinski definition) is 3. The number of piperazine rings is 1. The summed E-state index contributed by atoms with van der Waals surface area (Å²) < 4.78 is 5.60. The van der Waals surface area contributed by atoms with Crippen LogP contribution in [0.4, 0.5) is 5.69 Å². The Balaban J connectivity index is 1.28. The Labute approximate surface area is 171 Å². The first kappa shape index (κ1) is 19.4.